The second kappa shape index (κ2) is 9.21. The van der Waals surface area contributed by atoms with Crippen molar-refractivity contribution >= 4 is 27.7 Å². The van der Waals surface area contributed by atoms with Crippen molar-refractivity contribution in [2.45, 2.75) is 30.2 Å². The van der Waals surface area contributed by atoms with Crippen LogP contribution in [0.1, 0.15) is 19.3 Å². The number of carbonyl (C=O) groups excluding carboxylic acids is 1. The van der Waals surface area contributed by atoms with Crippen LogP contribution >= 0.6 is 11.8 Å². The van der Waals surface area contributed by atoms with Crippen molar-refractivity contribution in [2.75, 3.05) is 37.7 Å². The summed E-state index contributed by atoms with van der Waals surface area (Å²) in [6, 6.07) is 8.85. The Kier molecular flexibility index (Phi) is 6.97. The first-order valence-electron chi connectivity index (χ1n) is 9.19. The molecule has 2 N–H and O–H groups in total. The molecule has 0 saturated carbocycles. The summed E-state index contributed by atoms with van der Waals surface area (Å²) in [6.45, 7) is 2.63. The number of benzene rings is 1. The molecule has 1 unspecified atom stereocenters. The van der Waals surface area contributed by atoms with E-state index in [2.05, 4.69) is 10.6 Å². The first kappa shape index (κ1) is 19.7. The maximum absolute atomic E-state index is 12.6. The number of carbonyl (C=O) groups is 1. The van der Waals surface area contributed by atoms with Crippen LogP contribution in [-0.2, 0) is 14.8 Å². The fourth-order valence-corrected chi connectivity index (χ4v) is 5.84. The van der Waals surface area contributed by atoms with Crippen molar-refractivity contribution in [2.24, 2.45) is 5.92 Å². The third kappa shape index (κ3) is 5.22. The van der Waals surface area contributed by atoms with Gasteiger partial charge in [0.15, 0.2) is 0 Å². The van der Waals surface area contributed by atoms with Gasteiger partial charge < -0.3 is 10.6 Å². The standard InChI is InChI=1S/C18H27N3O3S2/c22-18(12-16-14-25-11-8-19-16)20-13-15-6-9-21(10-7-15)26(23,24)17-4-2-1-3-5-17/h1-5,15-16,19H,6-14H2,(H,20,22). The van der Waals surface area contributed by atoms with E-state index in [9.17, 15) is 13.2 Å². The maximum Gasteiger partial charge on any atom is 0.243 e. The Morgan fingerprint density at radius 2 is 1.96 bits per heavy atom. The van der Waals surface area contributed by atoms with Gasteiger partial charge in [-0.25, -0.2) is 8.42 Å². The number of thioether (sulfide) groups is 1. The largest absolute Gasteiger partial charge is 0.356 e. The molecule has 144 valence electrons. The van der Waals surface area contributed by atoms with Crippen LogP contribution in [0.3, 0.4) is 0 Å². The van der Waals surface area contributed by atoms with Gasteiger partial charge in [-0.05, 0) is 30.9 Å². The zero-order chi connectivity index (χ0) is 18.4. The summed E-state index contributed by atoms with van der Waals surface area (Å²) >= 11 is 1.89. The smallest absolute Gasteiger partial charge is 0.243 e. The molecular formula is C18H27N3O3S2. The first-order valence-corrected chi connectivity index (χ1v) is 11.8. The first-order chi connectivity index (χ1) is 12.6. The van der Waals surface area contributed by atoms with Crippen molar-refractivity contribution in [3.8, 4) is 0 Å². The van der Waals surface area contributed by atoms with E-state index in [1.54, 1.807) is 28.6 Å². The average Bonchev–Trinajstić information content (AvgIpc) is 2.68. The minimum atomic E-state index is -3.40. The lowest BCUT2D eigenvalue weighted by molar-refractivity contribution is -0.121. The summed E-state index contributed by atoms with van der Waals surface area (Å²) < 4.78 is 26.8. The van der Waals surface area contributed by atoms with E-state index >= 15 is 0 Å². The molecular weight excluding hydrogens is 370 g/mol. The SMILES string of the molecule is O=C(CC1CSCCN1)NCC1CCN(S(=O)(=O)c2ccccc2)CC1. The molecule has 2 saturated heterocycles. The highest BCUT2D eigenvalue weighted by Crippen LogP contribution is 2.23. The van der Waals surface area contributed by atoms with Crippen LogP contribution in [0.4, 0.5) is 0 Å². The monoisotopic (exact) mass is 397 g/mol. The Morgan fingerprint density at radius 3 is 2.62 bits per heavy atom. The van der Waals surface area contributed by atoms with Gasteiger partial charge >= 0.3 is 0 Å². The van der Waals surface area contributed by atoms with Crippen LogP contribution < -0.4 is 10.6 Å². The predicted octanol–water partition coefficient (Wildman–Crippen LogP) is 1.30. The molecule has 3 rings (SSSR count). The van der Waals surface area contributed by atoms with E-state index < -0.39 is 10.0 Å². The van der Waals surface area contributed by atoms with Crippen molar-refractivity contribution in [1.82, 2.24) is 14.9 Å². The lowest BCUT2D eigenvalue weighted by atomic mass is 9.98. The molecule has 1 amide bonds. The van der Waals surface area contributed by atoms with Gasteiger partial charge in [-0.3, -0.25) is 4.79 Å². The fraction of sp³-hybridized carbons (Fsp3) is 0.611. The topological polar surface area (TPSA) is 78.5 Å². The minimum Gasteiger partial charge on any atom is -0.356 e. The Hall–Kier alpha value is -1.09. The van der Waals surface area contributed by atoms with Gasteiger partial charge in [0.1, 0.15) is 0 Å². The third-order valence-corrected chi connectivity index (χ3v) is 8.02. The Morgan fingerprint density at radius 1 is 1.23 bits per heavy atom. The van der Waals surface area contributed by atoms with E-state index in [1.807, 2.05) is 17.8 Å². The summed E-state index contributed by atoms with van der Waals surface area (Å²) in [5, 5.41) is 6.40. The highest BCUT2D eigenvalue weighted by molar-refractivity contribution is 7.99. The average molecular weight is 398 g/mol. The van der Waals surface area contributed by atoms with Gasteiger partial charge in [-0.15, -0.1) is 0 Å². The fourth-order valence-electron chi connectivity index (χ4n) is 3.40. The van der Waals surface area contributed by atoms with Crippen molar-refractivity contribution in [1.29, 1.82) is 0 Å². The number of rotatable bonds is 6. The molecule has 2 heterocycles. The van der Waals surface area contributed by atoms with Gasteiger partial charge in [0.25, 0.3) is 0 Å². The van der Waals surface area contributed by atoms with E-state index in [1.165, 1.54) is 0 Å². The molecule has 1 aromatic carbocycles. The number of hydrogen-bond acceptors (Lipinski definition) is 5. The number of amides is 1. The molecule has 1 atom stereocenters. The zero-order valence-corrected chi connectivity index (χ0v) is 16.5. The van der Waals surface area contributed by atoms with Gasteiger partial charge in [-0.2, -0.15) is 16.1 Å². The summed E-state index contributed by atoms with van der Waals surface area (Å²) in [5.74, 6) is 2.53. The van der Waals surface area contributed by atoms with E-state index in [0.717, 1.165) is 30.9 Å². The Balaban J connectivity index is 1.42. The Bertz CT molecular complexity index is 683. The van der Waals surface area contributed by atoms with Gasteiger partial charge in [0.2, 0.25) is 15.9 Å². The molecule has 1 aromatic rings. The molecule has 0 aromatic heterocycles. The van der Waals surface area contributed by atoms with Gasteiger partial charge in [0, 0.05) is 50.1 Å². The molecule has 0 aliphatic carbocycles. The molecule has 0 bridgehead atoms. The lowest BCUT2D eigenvalue weighted by Crippen LogP contribution is -2.44. The second-order valence-electron chi connectivity index (χ2n) is 6.89. The van der Waals surface area contributed by atoms with Crippen LogP contribution in [0.15, 0.2) is 35.2 Å². The quantitative estimate of drug-likeness (QED) is 0.757. The number of hydrogen-bond donors (Lipinski definition) is 2. The molecule has 2 aliphatic rings. The van der Waals surface area contributed by atoms with Crippen molar-refractivity contribution < 1.29 is 13.2 Å². The van der Waals surface area contributed by atoms with E-state index in [-0.39, 0.29) is 11.9 Å². The van der Waals surface area contributed by atoms with Crippen LogP contribution in [-0.4, -0.2) is 62.4 Å². The third-order valence-electron chi connectivity index (χ3n) is 4.97. The molecule has 0 spiro atoms. The normalized spacial score (nSPS) is 22.8. The number of sulfonamides is 1. The zero-order valence-electron chi connectivity index (χ0n) is 14.9. The van der Waals surface area contributed by atoms with Crippen molar-refractivity contribution in [3.63, 3.8) is 0 Å². The molecule has 2 fully saturated rings. The van der Waals surface area contributed by atoms with Crippen molar-refractivity contribution in [3.05, 3.63) is 30.3 Å². The summed E-state index contributed by atoms with van der Waals surface area (Å²) in [6.07, 6.45) is 2.09. The number of piperidine rings is 1. The van der Waals surface area contributed by atoms with E-state index in [4.69, 9.17) is 0 Å². The van der Waals surface area contributed by atoms with Gasteiger partial charge in [0.05, 0.1) is 4.90 Å². The minimum absolute atomic E-state index is 0.0873. The maximum atomic E-state index is 12.6. The second-order valence-corrected chi connectivity index (χ2v) is 9.98. The molecule has 2 aliphatic heterocycles. The van der Waals surface area contributed by atoms with Crippen LogP contribution in [0.25, 0.3) is 0 Å². The Labute approximate surface area is 160 Å². The summed E-state index contributed by atoms with van der Waals surface area (Å²) in [7, 11) is -3.40. The predicted molar refractivity (Wildman–Crippen MR) is 105 cm³/mol. The molecule has 6 nitrogen and oxygen atoms in total. The number of nitrogens with one attached hydrogen (secondary N) is 2. The van der Waals surface area contributed by atoms with Crippen LogP contribution in [0, 0.1) is 5.92 Å². The van der Waals surface area contributed by atoms with Crippen LogP contribution in [0.5, 0.6) is 0 Å². The lowest BCUT2D eigenvalue weighted by Gasteiger charge is -2.31. The molecule has 26 heavy (non-hydrogen) atoms. The molecule has 0 radical (unpaired) electrons. The molecule has 8 heteroatoms. The number of nitrogens with zero attached hydrogens (tertiary/aromatic N) is 1. The summed E-state index contributed by atoms with van der Waals surface area (Å²) in [5.41, 5.74) is 0. The summed E-state index contributed by atoms with van der Waals surface area (Å²) in [4.78, 5) is 12.4. The highest BCUT2D eigenvalue weighted by atomic mass is 32.2. The highest BCUT2D eigenvalue weighted by Gasteiger charge is 2.29. The van der Waals surface area contributed by atoms with Crippen LogP contribution in [0.2, 0.25) is 0 Å². The van der Waals surface area contributed by atoms with Gasteiger partial charge in [-0.1, -0.05) is 18.2 Å². The van der Waals surface area contributed by atoms with E-state index in [0.29, 0.717) is 36.9 Å².